The Morgan fingerprint density at radius 3 is 1.80 bits per heavy atom. The molecule has 160 valence electrons. The van der Waals surface area contributed by atoms with Gasteiger partial charge in [0.05, 0.1) is 11.2 Å². The Labute approximate surface area is 179 Å². The molecular weight excluding hydrogens is 381 g/mol. The summed E-state index contributed by atoms with van der Waals surface area (Å²) >= 11 is 0. The molecule has 1 aliphatic rings. The van der Waals surface area contributed by atoms with E-state index in [-0.39, 0.29) is 11.2 Å². The molecular formula is C23H30BNO5. The lowest BCUT2D eigenvalue weighted by molar-refractivity contribution is 0.00578. The third-order valence-electron chi connectivity index (χ3n) is 5.14. The van der Waals surface area contributed by atoms with Crippen molar-refractivity contribution in [3.05, 3.63) is 48.5 Å². The number of hydrogen-bond donors (Lipinski definition) is 1. The number of hydrogen-bond acceptors (Lipinski definition) is 5. The van der Waals surface area contributed by atoms with Crippen LogP contribution in [-0.4, -0.2) is 30.0 Å². The van der Waals surface area contributed by atoms with Gasteiger partial charge in [-0.05, 0) is 90.3 Å². The van der Waals surface area contributed by atoms with Crippen molar-refractivity contribution in [2.45, 2.75) is 65.3 Å². The highest BCUT2D eigenvalue weighted by molar-refractivity contribution is 6.62. The smallest absolute Gasteiger partial charge is 0.457 e. The molecule has 0 aliphatic carbocycles. The SMILES string of the molecule is CC(C)(C)OC(=O)Nc1ccc(Oc2ccc(B3OC(C)(C)C(C)(C)O3)cc2)cc1. The van der Waals surface area contributed by atoms with Crippen molar-refractivity contribution in [1.29, 1.82) is 0 Å². The zero-order valence-electron chi connectivity index (χ0n) is 18.7. The van der Waals surface area contributed by atoms with E-state index in [9.17, 15) is 4.79 Å². The zero-order valence-corrected chi connectivity index (χ0v) is 18.7. The number of amides is 1. The van der Waals surface area contributed by atoms with E-state index in [1.54, 1.807) is 24.3 Å². The summed E-state index contributed by atoms with van der Waals surface area (Å²) < 4.78 is 23.3. The Morgan fingerprint density at radius 2 is 1.33 bits per heavy atom. The molecule has 0 bridgehead atoms. The van der Waals surface area contributed by atoms with E-state index in [1.807, 2.05) is 72.7 Å². The maximum absolute atomic E-state index is 11.8. The summed E-state index contributed by atoms with van der Waals surface area (Å²) in [5.41, 5.74) is 0.286. The third-order valence-corrected chi connectivity index (χ3v) is 5.14. The first-order valence-electron chi connectivity index (χ1n) is 10.1. The van der Waals surface area contributed by atoms with Crippen molar-refractivity contribution < 1.29 is 23.6 Å². The van der Waals surface area contributed by atoms with E-state index in [0.717, 1.165) is 5.46 Å². The molecule has 0 saturated carbocycles. The van der Waals surface area contributed by atoms with Crippen LogP contribution >= 0.6 is 0 Å². The largest absolute Gasteiger partial charge is 0.494 e. The zero-order chi connectivity index (χ0) is 22.2. The van der Waals surface area contributed by atoms with Gasteiger partial charge >= 0.3 is 13.2 Å². The van der Waals surface area contributed by atoms with Crippen LogP contribution in [0.25, 0.3) is 0 Å². The van der Waals surface area contributed by atoms with Gasteiger partial charge in [0.1, 0.15) is 17.1 Å². The topological polar surface area (TPSA) is 66.0 Å². The van der Waals surface area contributed by atoms with Gasteiger partial charge in [-0.1, -0.05) is 12.1 Å². The molecule has 30 heavy (non-hydrogen) atoms. The molecule has 0 aromatic heterocycles. The molecule has 0 spiro atoms. The van der Waals surface area contributed by atoms with E-state index in [0.29, 0.717) is 17.2 Å². The van der Waals surface area contributed by atoms with Crippen molar-refractivity contribution in [2.24, 2.45) is 0 Å². The van der Waals surface area contributed by atoms with E-state index in [1.165, 1.54) is 0 Å². The summed E-state index contributed by atoms with van der Waals surface area (Å²) in [7, 11) is -0.401. The van der Waals surface area contributed by atoms with Crippen LogP contribution in [0.2, 0.25) is 0 Å². The number of rotatable bonds is 4. The Hall–Kier alpha value is -2.51. The summed E-state index contributed by atoms with van der Waals surface area (Å²) in [5.74, 6) is 1.36. The summed E-state index contributed by atoms with van der Waals surface area (Å²) in [6.45, 7) is 13.6. The number of nitrogens with one attached hydrogen (secondary N) is 1. The molecule has 6 nitrogen and oxygen atoms in total. The van der Waals surface area contributed by atoms with Crippen LogP contribution in [0.4, 0.5) is 10.5 Å². The fourth-order valence-electron chi connectivity index (χ4n) is 2.84. The first-order valence-corrected chi connectivity index (χ1v) is 10.1. The Kier molecular flexibility index (Phi) is 5.89. The maximum Gasteiger partial charge on any atom is 0.494 e. The second-order valence-corrected chi connectivity index (χ2v) is 9.41. The van der Waals surface area contributed by atoms with Gasteiger partial charge in [-0.25, -0.2) is 4.79 Å². The summed E-state index contributed by atoms with van der Waals surface area (Å²) in [4.78, 5) is 11.8. The fraction of sp³-hybridized carbons (Fsp3) is 0.435. The predicted molar refractivity (Wildman–Crippen MR) is 119 cm³/mol. The molecule has 1 heterocycles. The number of ether oxygens (including phenoxy) is 2. The van der Waals surface area contributed by atoms with Gasteiger partial charge in [0.25, 0.3) is 0 Å². The monoisotopic (exact) mass is 411 g/mol. The van der Waals surface area contributed by atoms with Crippen molar-refractivity contribution in [3.63, 3.8) is 0 Å². The quantitative estimate of drug-likeness (QED) is 0.707. The number of carbonyl (C=O) groups excluding carboxylic acids is 1. The second kappa shape index (κ2) is 7.97. The van der Waals surface area contributed by atoms with Crippen LogP contribution in [-0.2, 0) is 14.0 Å². The first kappa shape index (κ1) is 22.2. The maximum atomic E-state index is 11.8. The molecule has 3 rings (SSSR count). The van der Waals surface area contributed by atoms with Gasteiger partial charge in [0, 0.05) is 5.69 Å². The van der Waals surface area contributed by atoms with Crippen LogP contribution in [0.1, 0.15) is 48.5 Å². The molecule has 1 fully saturated rings. The first-order chi connectivity index (χ1) is 13.8. The lowest BCUT2D eigenvalue weighted by atomic mass is 9.79. The Balaban J connectivity index is 1.59. The van der Waals surface area contributed by atoms with Crippen LogP contribution in [0, 0.1) is 0 Å². The van der Waals surface area contributed by atoms with E-state index in [4.69, 9.17) is 18.8 Å². The molecule has 0 unspecified atom stereocenters. The highest BCUT2D eigenvalue weighted by Crippen LogP contribution is 2.36. The highest BCUT2D eigenvalue weighted by atomic mass is 16.7. The molecule has 0 radical (unpaired) electrons. The molecule has 1 aliphatic heterocycles. The second-order valence-electron chi connectivity index (χ2n) is 9.41. The van der Waals surface area contributed by atoms with Gasteiger partial charge < -0.3 is 18.8 Å². The third kappa shape index (κ3) is 5.35. The molecule has 1 N–H and O–H groups in total. The average Bonchev–Trinajstić information content (AvgIpc) is 2.83. The van der Waals surface area contributed by atoms with E-state index < -0.39 is 18.8 Å². The number of anilines is 1. The molecule has 2 aromatic rings. The van der Waals surface area contributed by atoms with Crippen molar-refractivity contribution in [2.75, 3.05) is 5.32 Å². The van der Waals surface area contributed by atoms with Gasteiger partial charge in [-0.15, -0.1) is 0 Å². The minimum absolute atomic E-state index is 0.373. The predicted octanol–water partition coefficient (Wildman–Crippen LogP) is 5.13. The van der Waals surface area contributed by atoms with Gasteiger partial charge in [-0.3, -0.25) is 5.32 Å². The molecule has 1 saturated heterocycles. The van der Waals surface area contributed by atoms with Crippen molar-refractivity contribution in [1.82, 2.24) is 0 Å². The fourth-order valence-corrected chi connectivity index (χ4v) is 2.84. The van der Waals surface area contributed by atoms with Gasteiger partial charge in [-0.2, -0.15) is 0 Å². The standard InChI is InChI=1S/C23H30BNO5/c1-21(2,3)28-20(26)25-17-10-14-19(15-11-17)27-18-12-8-16(9-13-18)24-29-22(4,5)23(6,7)30-24/h8-15H,1-7H3,(H,25,26). The minimum Gasteiger partial charge on any atom is -0.457 e. The van der Waals surface area contributed by atoms with E-state index in [2.05, 4.69) is 5.32 Å². The number of benzene rings is 2. The van der Waals surface area contributed by atoms with Crippen molar-refractivity contribution in [3.8, 4) is 11.5 Å². The average molecular weight is 411 g/mol. The summed E-state index contributed by atoms with van der Waals surface area (Å²) in [5, 5.41) is 2.70. The van der Waals surface area contributed by atoms with E-state index >= 15 is 0 Å². The van der Waals surface area contributed by atoms with Crippen LogP contribution in [0.15, 0.2) is 48.5 Å². The molecule has 2 aromatic carbocycles. The number of carbonyl (C=O) groups is 1. The lowest BCUT2D eigenvalue weighted by Crippen LogP contribution is -2.41. The Bertz CT molecular complexity index is 869. The van der Waals surface area contributed by atoms with Crippen LogP contribution < -0.4 is 15.5 Å². The summed E-state index contributed by atoms with van der Waals surface area (Å²) in [6, 6.07) is 14.7. The van der Waals surface area contributed by atoms with Crippen molar-refractivity contribution >= 4 is 24.4 Å². The van der Waals surface area contributed by atoms with Gasteiger partial charge in [0.15, 0.2) is 0 Å². The normalized spacial score (nSPS) is 17.5. The highest BCUT2D eigenvalue weighted by Gasteiger charge is 2.51. The lowest BCUT2D eigenvalue weighted by Gasteiger charge is -2.32. The van der Waals surface area contributed by atoms with Crippen LogP contribution in [0.5, 0.6) is 11.5 Å². The molecule has 1 amide bonds. The minimum atomic E-state index is -0.542. The summed E-state index contributed by atoms with van der Waals surface area (Å²) in [6.07, 6.45) is -0.491. The van der Waals surface area contributed by atoms with Crippen LogP contribution in [0.3, 0.4) is 0 Å². The molecule has 0 atom stereocenters. The molecule has 7 heteroatoms. The Morgan fingerprint density at radius 1 is 0.867 bits per heavy atom. The van der Waals surface area contributed by atoms with Gasteiger partial charge in [0.2, 0.25) is 0 Å².